The molecule has 0 unspecified atom stereocenters. The topological polar surface area (TPSA) is 88.4 Å². The fraction of sp³-hybridized carbons (Fsp3) is 0.471. The maximum Gasteiger partial charge on any atom is 0.308 e. The van der Waals surface area contributed by atoms with E-state index in [0.29, 0.717) is 18.7 Å². The first kappa shape index (κ1) is 18.7. The fourth-order valence-electron chi connectivity index (χ4n) is 1.86. The first-order chi connectivity index (χ1) is 10.9. The van der Waals surface area contributed by atoms with Crippen LogP contribution in [0.1, 0.15) is 46.1 Å². The Labute approximate surface area is 136 Å². The lowest BCUT2D eigenvalue weighted by atomic mass is 10.0. The molecule has 1 rings (SSSR count). The van der Waals surface area contributed by atoms with E-state index < -0.39 is 11.6 Å². The molecule has 0 bridgehead atoms. The predicted octanol–water partition coefficient (Wildman–Crippen LogP) is 3.02. The van der Waals surface area contributed by atoms with Crippen LogP contribution in [-0.4, -0.2) is 24.1 Å². The lowest BCUT2D eigenvalue weighted by molar-refractivity contribution is -0.139. The average molecular weight is 318 g/mol. The summed E-state index contributed by atoms with van der Waals surface area (Å²) < 4.78 is 10.6. The molecule has 0 aliphatic carbocycles. The molecule has 0 aliphatic heterocycles. The van der Waals surface area contributed by atoms with E-state index in [2.05, 4.69) is 5.32 Å². The largest absolute Gasteiger partial charge is 0.427 e. The smallest absolute Gasteiger partial charge is 0.308 e. The van der Waals surface area contributed by atoms with Crippen LogP contribution in [0, 0.1) is 11.3 Å². The maximum absolute atomic E-state index is 12.5. The highest BCUT2D eigenvalue weighted by Crippen LogP contribution is 2.24. The third kappa shape index (κ3) is 5.08. The highest BCUT2D eigenvalue weighted by molar-refractivity contribution is 5.98. The molecule has 6 nitrogen and oxygen atoms in total. The van der Waals surface area contributed by atoms with E-state index in [9.17, 15) is 14.9 Å². The van der Waals surface area contributed by atoms with Crippen molar-refractivity contribution in [1.82, 2.24) is 0 Å². The zero-order valence-electron chi connectivity index (χ0n) is 13.9. The van der Waals surface area contributed by atoms with Crippen LogP contribution in [0.2, 0.25) is 0 Å². The highest BCUT2D eigenvalue weighted by Gasteiger charge is 2.32. The second kappa shape index (κ2) is 8.30. The molecule has 1 atom stereocenters. The van der Waals surface area contributed by atoms with Gasteiger partial charge in [-0.15, -0.1) is 0 Å². The molecule has 0 radical (unpaired) electrons. The van der Waals surface area contributed by atoms with E-state index in [-0.39, 0.29) is 17.2 Å². The number of hydrogen-bond donors (Lipinski definition) is 1. The van der Waals surface area contributed by atoms with Crippen molar-refractivity contribution in [2.24, 2.45) is 0 Å². The van der Waals surface area contributed by atoms with Crippen molar-refractivity contribution in [3.05, 3.63) is 23.8 Å². The Morgan fingerprint density at radius 1 is 1.35 bits per heavy atom. The second-order valence-corrected chi connectivity index (χ2v) is 5.30. The number of nitrogens with zero attached hydrogens (tertiary/aromatic N) is 1. The lowest BCUT2D eigenvalue weighted by Crippen LogP contribution is -2.42. The molecule has 1 N–H and O–H groups in total. The standard InChI is InChI=1S/C17H22N2O4/c1-5-9-22-17(4,6-2)16(21)19-15-8-7-14(23-12(3)20)10-13(15)11-18/h7-8,10H,5-6,9H2,1-4H3,(H,19,21)/t17-/m0/s1. The van der Waals surface area contributed by atoms with E-state index in [0.717, 1.165) is 6.42 Å². The molecule has 0 heterocycles. The summed E-state index contributed by atoms with van der Waals surface area (Å²) in [6.07, 6.45) is 1.32. The summed E-state index contributed by atoms with van der Waals surface area (Å²) in [6, 6.07) is 6.44. The normalized spacial score (nSPS) is 12.8. The number of hydrogen-bond acceptors (Lipinski definition) is 5. The maximum atomic E-state index is 12.5. The second-order valence-electron chi connectivity index (χ2n) is 5.30. The third-order valence-corrected chi connectivity index (χ3v) is 3.40. The van der Waals surface area contributed by atoms with Crippen molar-refractivity contribution in [2.45, 2.75) is 46.1 Å². The van der Waals surface area contributed by atoms with Gasteiger partial charge >= 0.3 is 5.97 Å². The molecule has 124 valence electrons. The van der Waals surface area contributed by atoms with Gasteiger partial charge < -0.3 is 14.8 Å². The molecule has 23 heavy (non-hydrogen) atoms. The fourth-order valence-corrected chi connectivity index (χ4v) is 1.86. The predicted molar refractivity (Wildman–Crippen MR) is 86.0 cm³/mol. The monoisotopic (exact) mass is 318 g/mol. The summed E-state index contributed by atoms with van der Waals surface area (Å²) in [4.78, 5) is 23.4. The Morgan fingerprint density at radius 3 is 2.57 bits per heavy atom. The van der Waals surface area contributed by atoms with Crippen LogP contribution in [0.25, 0.3) is 0 Å². The van der Waals surface area contributed by atoms with Crippen LogP contribution >= 0.6 is 0 Å². The molecular formula is C17H22N2O4. The Kier molecular flexibility index (Phi) is 6.73. The van der Waals surface area contributed by atoms with Crippen molar-refractivity contribution >= 4 is 17.6 Å². The molecule has 0 fully saturated rings. The van der Waals surface area contributed by atoms with Crippen molar-refractivity contribution in [1.29, 1.82) is 5.26 Å². The molecule has 1 amide bonds. The van der Waals surface area contributed by atoms with Gasteiger partial charge in [-0.1, -0.05) is 13.8 Å². The van der Waals surface area contributed by atoms with Crippen LogP contribution in [0.3, 0.4) is 0 Å². The molecule has 1 aromatic rings. The van der Waals surface area contributed by atoms with Gasteiger partial charge in [-0.25, -0.2) is 0 Å². The third-order valence-electron chi connectivity index (χ3n) is 3.40. The van der Waals surface area contributed by atoms with Gasteiger partial charge in [-0.2, -0.15) is 5.26 Å². The number of benzene rings is 1. The Bertz CT molecular complexity index is 622. The molecule has 0 saturated heterocycles. The number of carbonyl (C=O) groups excluding carboxylic acids is 2. The SMILES string of the molecule is CCCO[C@@](C)(CC)C(=O)Nc1ccc(OC(C)=O)cc1C#N. The van der Waals surface area contributed by atoms with E-state index in [4.69, 9.17) is 9.47 Å². The van der Waals surface area contributed by atoms with Crippen molar-refractivity contribution < 1.29 is 19.1 Å². The zero-order chi connectivity index (χ0) is 17.5. The summed E-state index contributed by atoms with van der Waals surface area (Å²) in [5.74, 6) is -0.532. The minimum atomic E-state index is -0.961. The minimum absolute atomic E-state index is 0.214. The number of rotatable bonds is 7. The number of esters is 1. The van der Waals surface area contributed by atoms with Gasteiger partial charge in [-0.3, -0.25) is 9.59 Å². The number of ether oxygens (including phenoxy) is 2. The van der Waals surface area contributed by atoms with Crippen molar-refractivity contribution in [3.63, 3.8) is 0 Å². The van der Waals surface area contributed by atoms with Crippen LogP contribution in [-0.2, 0) is 14.3 Å². The molecular weight excluding hydrogens is 296 g/mol. The first-order valence-electron chi connectivity index (χ1n) is 7.54. The molecule has 1 aromatic carbocycles. The van der Waals surface area contributed by atoms with Gasteiger partial charge in [0.15, 0.2) is 0 Å². The number of carbonyl (C=O) groups is 2. The van der Waals surface area contributed by atoms with Crippen LogP contribution in [0.15, 0.2) is 18.2 Å². The van der Waals surface area contributed by atoms with Gasteiger partial charge in [0, 0.05) is 19.6 Å². The number of amides is 1. The van der Waals surface area contributed by atoms with E-state index in [1.807, 2.05) is 19.9 Å². The van der Waals surface area contributed by atoms with Crippen LogP contribution in [0.4, 0.5) is 5.69 Å². The molecule has 0 spiro atoms. The molecule has 0 aliphatic rings. The summed E-state index contributed by atoms with van der Waals surface area (Å²) in [5.41, 5.74) is -0.392. The minimum Gasteiger partial charge on any atom is -0.427 e. The lowest BCUT2D eigenvalue weighted by Gasteiger charge is -2.27. The number of anilines is 1. The summed E-state index contributed by atoms with van der Waals surface area (Å²) in [7, 11) is 0. The summed E-state index contributed by atoms with van der Waals surface area (Å²) >= 11 is 0. The summed E-state index contributed by atoms with van der Waals surface area (Å²) in [5, 5.41) is 11.9. The van der Waals surface area contributed by atoms with Crippen molar-refractivity contribution in [2.75, 3.05) is 11.9 Å². The number of nitrogens with one attached hydrogen (secondary N) is 1. The Hall–Kier alpha value is -2.39. The van der Waals surface area contributed by atoms with Gasteiger partial charge in [0.05, 0.1) is 11.3 Å². The van der Waals surface area contributed by atoms with E-state index in [1.54, 1.807) is 6.92 Å². The average Bonchev–Trinajstić information content (AvgIpc) is 2.53. The van der Waals surface area contributed by atoms with E-state index in [1.165, 1.54) is 25.1 Å². The Balaban J connectivity index is 2.97. The number of nitriles is 1. The molecule has 0 saturated carbocycles. The summed E-state index contributed by atoms with van der Waals surface area (Å²) in [6.45, 7) is 7.31. The Morgan fingerprint density at radius 2 is 2.04 bits per heavy atom. The highest BCUT2D eigenvalue weighted by atomic mass is 16.5. The van der Waals surface area contributed by atoms with Gasteiger partial charge in [-0.05, 0) is 31.9 Å². The van der Waals surface area contributed by atoms with Gasteiger partial charge in [0.25, 0.3) is 5.91 Å². The van der Waals surface area contributed by atoms with Gasteiger partial charge in [0.2, 0.25) is 0 Å². The first-order valence-corrected chi connectivity index (χ1v) is 7.54. The van der Waals surface area contributed by atoms with E-state index >= 15 is 0 Å². The molecule has 6 heteroatoms. The molecule has 0 aromatic heterocycles. The quantitative estimate of drug-likeness (QED) is 0.616. The van der Waals surface area contributed by atoms with Crippen LogP contribution in [0.5, 0.6) is 5.75 Å². The zero-order valence-corrected chi connectivity index (χ0v) is 13.9. The van der Waals surface area contributed by atoms with Gasteiger partial charge in [0.1, 0.15) is 17.4 Å². The van der Waals surface area contributed by atoms with Crippen LogP contribution < -0.4 is 10.1 Å². The van der Waals surface area contributed by atoms with Crippen molar-refractivity contribution in [3.8, 4) is 11.8 Å².